The molecule has 0 amide bonds. The van der Waals surface area contributed by atoms with Crippen molar-refractivity contribution in [1.82, 2.24) is 4.90 Å². The van der Waals surface area contributed by atoms with E-state index in [1.165, 1.54) is 12.1 Å². The largest absolute Gasteiger partial charge is 0.478 e. The summed E-state index contributed by atoms with van der Waals surface area (Å²) < 4.78 is 0. The summed E-state index contributed by atoms with van der Waals surface area (Å²) in [5, 5.41) is 23.2. The molecule has 0 spiro atoms. The summed E-state index contributed by atoms with van der Waals surface area (Å²) in [6, 6.07) is 3.88. The van der Waals surface area contributed by atoms with E-state index in [-0.39, 0.29) is 23.2 Å². The van der Waals surface area contributed by atoms with E-state index in [1.54, 1.807) is 0 Å². The fraction of sp³-hybridized carbons (Fsp3) is 0.500. The van der Waals surface area contributed by atoms with Crippen LogP contribution >= 0.6 is 0 Å². The fourth-order valence-corrected chi connectivity index (χ4v) is 1.96. The highest BCUT2D eigenvalue weighted by molar-refractivity contribution is 5.95. The first-order valence-electron chi connectivity index (χ1n) is 6.65. The molecular formula is C14H21N3O4. The summed E-state index contributed by atoms with van der Waals surface area (Å²) in [6.07, 6.45) is 0. The van der Waals surface area contributed by atoms with Gasteiger partial charge in [-0.05, 0) is 26.1 Å². The van der Waals surface area contributed by atoms with Crippen molar-refractivity contribution in [2.45, 2.75) is 19.9 Å². The lowest BCUT2D eigenvalue weighted by atomic mass is 10.0. The minimum absolute atomic E-state index is 0.0413. The number of benzene rings is 1. The molecule has 0 bridgehead atoms. The molecule has 2 N–H and O–H groups in total. The molecule has 1 unspecified atom stereocenters. The third kappa shape index (κ3) is 4.71. The van der Waals surface area contributed by atoms with Gasteiger partial charge in [-0.25, -0.2) is 4.79 Å². The van der Waals surface area contributed by atoms with Crippen molar-refractivity contribution in [3.63, 3.8) is 0 Å². The minimum atomic E-state index is -1.19. The number of anilines is 1. The Hall–Kier alpha value is -2.15. The Morgan fingerprint density at radius 1 is 1.43 bits per heavy atom. The second-order valence-corrected chi connectivity index (χ2v) is 5.55. The molecule has 0 radical (unpaired) electrons. The van der Waals surface area contributed by atoms with Crippen molar-refractivity contribution in [1.29, 1.82) is 0 Å². The average Bonchev–Trinajstić information content (AvgIpc) is 2.37. The van der Waals surface area contributed by atoms with E-state index >= 15 is 0 Å². The molecule has 0 saturated heterocycles. The SMILES string of the molecule is CC(C)C(CN(C)C)Nc1ccc([N+](=O)[O-])cc1C(=O)O. The number of aromatic carboxylic acids is 1. The number of rotatable bonds is 7. The van der Waals surface area contributed by atoms with Gasteiger partial charge in [0.2, 0.25) is 0 Å². The van der Waals surface area contributed by atoms with Crippen LogP contribution in [0.15, 0.2) is 18.2 Å². The number of likely N-dealkylation sites (N-methyl/N-ethyl adjacent to an activating group) is 1. The third-order valence-corrected chi connectivity index (χ3v) is 3.15. The van der Waals surface area contributed by atoms with Crippen LogP contribution in [-0.2, 0) is 0 Å². The fourth-order valence-electron chi connectivity index (χ4n) is 1.96. The number of carboxylic acid groups (broad SMARTS) is 1. The number of carbonyl (C=O) groups is 1. The molecule has 21 heavy (non-hydrogen) atoms. The van der Waals surface area contributed by atoms with Crippen LogP contribution in [0.3, 0.4) is 0 Å². The molecule has 7 nitrogen and oxygen atoms in total. The van der Waals surface area contributed by atoms with Crippen molar-refractivity contribution < 1.29 is 14.8 Å². The molecule has 1 rings (SSSR count). The first kappa shape index (κ1) is 16.9. The molecule has 1 atom stereocenters. The van der Waals surface area contributed by atoms with Gasteiger partial charge in [0.25, 0.3) is 5.69 Å². The standard InChI is InChI=1S/C14H21N3O4/c1-9(2)13(8-16(3)4)15-12-6-5-10(17(20)21)7-11(12)14(18)19/h5-7,9,13,15H,8H2,1-4H3,(H,18,19). The molecule has 0 saturated carbocycles. The Balaban J connectivity index is 3.11. The summed E-state index contributed by atoms with van der Waals surface area (Å²) in [5.74, 6) is -0.905. The normalized spacial score (nSPS) is 12.5. The highest BCUT2D eigenvalue weighted by atomic mass is 16.6. The third-order valence-electron chi connectivity index (χ3n) is 3.15. The van der Waals surface area contributed by atoms with Crippen LogP contribution in [0, 0.1) is 16.0 Å². The highest BCUT2D eigenvalue weighted by Crippen LogP contribution is 2.24. The van der Waals surface area contributed by atoms with Gasteiger partial charge in [0, 0.05) is 30.4 Å². The number of non-ortho nitro benzene ring substituents is 1. The molecule has 7 heteroatoms. The van der Waals surface area contributed by atoms with Gasteiger partial charge in [-0.2, -0.15) is 0 Å². The van der Waals surface area contributed by atoms with Crippen molar-refractivity contribution in [3.05, 3.63) is 33.9 Å². The lowest BCUT2D eigenvalue weighted by Crippen LogP contribution is -2.36. The summed E-state index contributed by atoms with van der Waals surface area (Å²) in [7, 11) is 3.87. The predicted octanol–water partition coefficient (Wildman–Crippen LogP) is 2.29. The van der Waals surface area contributed by atoms with Gasteiger partial charge < -0.3 is 15.3 Å². The van der Waals surface area contributed by atoms with Crippen LogP contribution in [0.4, 0.5) is 11.4 Å². The molecule has 0 aromatic heterocycles. The molecule has 1 aromatic carbocycles. The summed E-state index contributed by atoms with van der Waals surface area (Å²) in [6.45, 7) is 4.80. The van der Waals surface area contributed by atoms with E-state index in [4.69, 9.17) is 0 Å². The van der Waals surface area contributed by atoms with Gasteiger partial charge in [-0.3, -0.25) is 10.1 Å². The van der Waals surface area contributed by atoms with Crippen molar-refractivity contribution in [2.24, 2.45) is 5.92 Å². The van der Waals surface area contributed by atoms with Crippen LogP contribution in [-0.4, -0.2) is 47.6 Å². The minimum Gasteiger partial charge on any atom is -0.478 e. The maximum Gasteiger partial charge on any atom is 0.338 e. The second-order valence-electron chi connectivity index (χ2n) is 5.55. The number of nitro groups is 1. The average molecular weight is 295 g/mol. The Morgan fingerprint density at radius 3 is 2.48 bits per heavy atom. The van der Waals surface area contributed by atoms with Gasteiger partial charge in [-0.1, -0.05) is 13.8 Å². The quantitative estimate of drug-likeness (QED) is 0.592. The lowest BCUT2D eigenvalue weighted by Gasteiger charge is -2.27. The van der Waals surface area contributed by atoms with Crippen molar-refractivity contribution >= 4 is 17.3 Å². The van der Waals surface area contributed by atoms with Crippen LogP contribution in [0.1, 0.15) is 24.2 Å². The molecular weight excluding hydrogens is 274 g/mol. The van der Waals surface area contributed by atoms with Gasteiger partial charge in [0.1, 0.15) is 0 Å². The number of hydrogen-bond acceptors (Lipinski definition) is 5. The molecule has 0 aliphatic rings. The van der Waals surface area contributed by atoms with Crippen LogP contribution in [0.5, 0.6) is 0 Å². The monoisotopic (exact) mass is 295 g/mol. The topological polar surface area (TPSA) is 95.7 Å². The summed E-state index contributed by atoms with van der Waals surface area (Å²) >= 11 is 0. The van der Waals surface area contributed by atoms with Gasteiger partial charge >= 0.3 is 5.97 Å². The van der Waals surface area contributed by atoms with E-state index in [0.29, 0.717) is 5.69 Å². The maximum atomic E-state index is 11.3. The lowest BCUT2D eigenvalue weighted by molar-refractivity contribution is -0.384. The van der Waals surface area contributed by atoms with Crippen molar-refractivity contribution in [2.75, 3.05) is 26.0 Å². The van der Waals surface area contributed by atoms with Crippen LogP contribution in [0.2, 0.25) is 0 Å². The highest BCUT2D eigenvalue weighted by Gasteiger charge is 2.20. The predicted molar refractivity (Wildman–Crippen MR) is 80.9 cm³/mol. The number of carboxylic acids is 1. The molecule has 0 heterocycles. The maximum absolute atomic E-state index is 11.3. The number of nitrogens with one attached hydrogen (secondary N) is 1. The van der Waals surface area contributed by atoms with E-state index in [9.17, 15) is 20.0 Å². The number of hydrogen-bond donors (Lipinski definition) is 2. The molecule has 116 valence electrons. The smallest absolute Gasteiger partial charge is 0.338 e. The molecule has 1 aromatic rings. The second kappa shape index (κ2) is 7.03. The first-order chi connectivity index (χ1) is 9.72. The van der Waals surface area contributed by atoms with Crippen LogP contribution in [0.25, 0.3) is 0 Å². The van der Waals surface area contributed by atoms with E-state index < -0.39 is 10.9 Å². The van der Waals surface area contributed by atoms with E-state index in [1.807, 2.05) is 32.8 Å². The number of nitro benzene ring substituents is 1. The number of nitrogens with zero attached hydrogens (tertiary/aromatic N) is 2. The van der Waals surface area contributed by atoms with E-state index in [0.717, 1.165) is 12.6 Å². The Bertz CT molecular complexity index is 529. The summed E-state index contributed by atoms with van der Waals surface area (Å²) in [5.41, 5.74) is 0.0777. The van der Waals surface area contributed by atoms with Gasteiger partial charge in [0.15, 0.2) is 0 Å². The zero-order valence-corrected chi connectivity index (χ0v) is 12.7. The van der Waals surface area contributed by atoms with Gasteiger partial charge in [-0.15, -0.1) is 0 Å². The molecule has 0 aliphatic carbocycles. The van der Waals surface area contributed by atoms with Crippen molar-refractivity contribution in [3.8, 4) is 0 Å². The Kier molecular flexibility index (Phi) is 5.66. The Labute approximate surface area is 123 Å². The zero-order valence-electron chi connectivity index (χ0n) is 12.7. The Morgan fingerprint density at radius 2 is 2.05 bits per heavy atom. The van der Waals surface area contributed by atoms with E-state index in [2.05, 4.69) is 5.32 Å². The first-order valence-corrected chi connectivity index (χ1v) is 6.65. The van der Waals surface area contributed by atoms with Crippen LogP contribution < -0.4 is 5.32 Å². The molecule has 0 fully saturated rings. The molecule has 0 aliphatic heterocycles. The summed E-state index contributed by atoms with van der Waals surface area (Å²) in [4.78, 5) is 23.4. The zero-order chi connectivity index (χ0) is 16.2. The van der Waals surface area contributed by atoms with Gasteiger partial charge in [0.05, 0.1) is 10.5 Å².